The minimum atomic E-state index is -0.983. The number of hydrogen-bond donors (Lipinski definition) is 3. The number of rotatable bonds is 5. The standard InChI is InChI=1S/C15H24N2O3/c1-6-15(5,9-18)17-12-8-10(13(19)20)7-11(16-12)14(2,3)4/h7-8,18H,6,9H2,1-5H3,(H,16,17)(H,19,20). The molecule has 20 heavy (non-hydrogen) atoms. The first kappa shape index (κ1) is 16.4. The number of hydrogen-bond acceptors (Lipinski definition) is 4. The fraction of sp³-hybridized carbons (Fsp3) is 0.600. The van der Waals surface area contributed by atoms with Gasteiger partial charge in [-0.25, -0.2) is 9.78 Å². The number of carboxylic acid groups (broad SMARTS) is 1. The first-order valence-electron chi connectivity index (χ1n) is 6.76. The molecule has 3 N–H and O–H groups in total. The number of aliphatic hydroxyl groups excluding tert-OH is 1. The zero-order valence-corrected chi connectivity index (χ0v) is 12.8. The fourth-order valence-corrected chi connectivity index (χ4v) is 1.65. The van der Waals surface area contributed by atoms with Gasteiger partial charge in [-0.1, -0.05) is 27.7 Å². The van der Waals surface area contributed by atoms with E-state index in [0.29, 0.717) is 17.9 Å². The fourth-order valence-electron chi connectivity index (χ4n) is 1.65. The molecular weight excluding hydrogens is 256 g/mol. The van der Waals surface area contributed by atoms with Crippen LogP contribution >= 0.6 is 0 Å². The van der Waals surface area contributed by atoms with Crippen LogP contribution in [-0.2, 0) is 5.41 Å². The van der Waals surface area contributed by atoms with Gasteiger partial charge in [-0.3, -0.25) is 0 Å². The first-order chi connectivity index (χ1) is 9.11. The molecule has 0 saturated heterocycles. The lowest BCUT2D eigenvalue weighted by atomic mass is 9.90. The van der Waals surface area contributed by atoms with E-state index in [-0.39, 0.29) is 17.6 Å². The Bertz CT molecular complexity index is 488. The average Bonchev–Trinajstić information content (AvgIpc) is 2.37. The van der Waals surface area contributed by atoms with Crippen LogP contribution < -0.4 is 5.32 Å². The van der Waals surface area contributed by atoms with E-state index in [0.717, 1.165) is 0 Å². The summed E-state index contributed by atoms with van der Waals surface area (Å²) in [5.74, 6) is -0.503. The largest absolute Gasteiger partial charge is 0.478 e. The Hall–Kier alpha value is -1.62. The third kappa shape index (κ3) is 3.93. The van der Waals surface area contributed by atoms with Crippen molar-refractivity contribution in [1.29, 1.82) is 0 Å². The van der Waals surface area contributed by atoms with E-state index in [2.05, 4.69) is 10.3 Å². The number of anilines is 1. The Labute approximate surface area is 120 Å². The van der Waals surface area contributed by atoms with E-state index in [4.69, 9.17) is 0 Å². The van der Waals surface area contributed by atoms with Crippen LogP contribution in [0.1, 0.15) is 57.1 Å². The molecule has 0 bridgehead atoms. The normalized spacial score (nSPS) is 14.7. The zero-order chi connectivity index (χ0) is 15.6. The summed E-state index contributed by atoms with van der Waals surface area (Å²) < 4.78 is 0. The maximum atomic E-state index is 11.2. The zero-order valence-electron chi connectivity index (χ0n) is 12.8. The molecule has 1 rings (SSSR count). The van der Waals surface area contributed by atoms with Gasteiger partial charge in [0.05, 0.1) is 17.7 Å². The first-order valence-corrected chi connectivity index (χ1v) is 6.76. The molecule has 0 saturated carbocycles. The minimum absolute atomic E-state index is 0.0483. The summed E-state index contributed by atoms with van der Waals surface area (Å²) >= 11 is 0. The summed E-state index contributed by atoms with van der Waals surface area (Å²) in [7, 11) is 0. The summed E-state index contributed by atoms with van der Waals surface area (Å²) in [6.45, 7) is 9.72. The van der Waals surface area contributed by atoms with Gasteiger partial charge in [-0.2, -0.15) is 0 Å². The summed E-state index contributed by atoms with van der Waals surface area (Å²) in [5, 5.41) is 21.8. The lowest BCUT2D eigenvalue weighted by Crippen LogP contribution is -2.38. The molecule has 112 valence electrons. The number of nitrogens with zero attached hydrogens (tertiary/aromatic N) is 1. The molecule has 0 aliphatic rings. The van der Waals surface area contributed by atoms with Gasteiger partial charge in [0.15, 0.2) is 0 Å². The molecule has 1 unspecified atom stereocenters. The molecule has 5 heteroatoms. The Kier molecular flexibility index (Phi) is 4.76. The quantitative estimate of drug-likeness (QED) is 0.772. The Morgan fingerprint density at radius 2 is 1.90 bits per heavy atom. The van der Waals surface area contributed by atoms with Crippen LogP contribution in [0.3, 0.4) is 0 Å². The molecule has 0 amide bonds. The van der Waals surface area contributed by atoms with Crippen molar-refractivity contribution in [2.75, 3.05) is 11.9 Å². The summed E-state index contributed by atoms with van der Waals surface area (Å²) in [6, 6.07) is 3.09. The minimum Gasteiger partial charge on any atom is -0.478 e. The topological polar surface area (TPSA) is 82.5 Å². The SMILES string of the molecule is CCC(C)(CO)Nc1cc(C(=O)O)cc(C(C)(C)C)n1. The number of aliphatic hydroxyl groups is 1. The number of carboxylic acids is 1. The molecule has 0 aliphatic heterocycles. The second-order valence-electron chi connectivity index (χ2n) is 6.38. The van der Waals surface area contributed by atoms with Crippen molar-refractivity contribution in [3.8, 4) is 0 Å². The smallest absolute Gasteiger partial charge is 0.335 e. The number of nitrogens with one attached hydrogen (secondary N) is 1. The molecule has 1 atom stereocenters. The van der Waals surface area contributed by atoms with E-state index in [1.54, 1.807) is 6.07 Å². The second kappa shape index (κ2) is 5.79. The average molecular weight is 280 g/mol. The summed E-state index contributed by atoms with van der Waals surface area (Å²) in [6.07, 6.45) is 0.702. The molecule has 5 nitrogen and oxygen atoms in total. The van der Waals surface area contributed by atoms with Gasteiger partial charge in [0.2, 0.25) is 0 Å². The van der Waals surface area contributed by atoms with Crippen molar-refractivity contribution >= 4 is 11.8 Å². The van der Waals surface area contributed by atoms with E-state index < -0.39 is 11.5 Å². The summed E-state index contributed by atoms with van der Waals surface area (Å²) in [5.41, 5.74) is 0.142. The van der Waals surface area contributed by atoms with Crippen molar-refractivity contribution in [3.05, 3.63) is 23.4 Å². The molecule has 0 aliphatic carbocycles. The van der Waals surface area contributed by atoms with Crippen LogP contribution in [0.15, 0.2) is 12.1 Å². The molecule has 1 heterocycles. The molecular formula is C15H24N2O3. The van der Waals surface area contributed by atoms with Crippen molar-refractivity contribution in [2.45, 2.75) is 52.0 Å². The Balaban J connectivity index is 3.26. The highest BCUT2D eigenvalue weighted by Gasteiger charge is 2.24. The Morgan fingerprint density at radius 3 is 2.30 bits per heavy atom. The third-order valence-electron chi connectivity index (χ3n) is 3.40. The Morgan fingerprint density at radius 1 is 1.30 bits per heavy atom. The van der Waals surface area contributed by atoms with Gasteiger partial charge in [-0.15, -0.1) is 0 Å². The number of carbonyl (C=O) groups is 1. The lowest BCUT2D eigenvalue weighted by molar-refractivity contribution is 0.0696. The molecule has 1 aromatic rings. The van der Waals surface area contributed by atoms with Crippen molar-refractivity contribution in [1.82, 2.24) is 4.98 Å². The highest BCUT2D eigenvalue weighted by atomic mass is 16.4. The van der Waals surface area contributed by atoms with Gasteiger partial charge < -0.3 is 15.5 Å². The van der Waals surface area contributed by atoms with Crippen LogP contribution in [-0.4, -0.2) is 33.3 Å². The van der Waals surface area contributed by atoms with Gasteiger partial charge in [0.25, 0.3) is 0 Å². The van der Waals surface area contributed by atoms with E-state index in [9.17, 15) is 15.0 Å². The molecule has 1 aromatic heterocycles. The van der Waals surface area contributed by atoms with Crippen molar-refractivity contribution in [2.24, 2.45) is 0 Å². The van der Waals surface area contributed by atoms with E-state index >= 15 is 0 Å². The maximum Gasteiger partial charge on any atom is 0.335 e. The van der Waals surface area contributed by atoms with Crippen LogP contribution in [0, 0.1) is 0 Å². The van der Waals surface area contributed by atoms with Gasteiger partial charge in [0.1, 0.15) is 5.82 Å². The molecule has 0 aromatic carbocycles. The number of aromatic nitrogens is 1. The van der Waals surface area contributed by atoms with Gasteiger partial charge in [-0.05, 0) is 25.5 Å². The van der Waals surface area contributed by atoms with Gasteiger partial charge in [0, 0.05) is 11.1 Å². The third-order valence-corrected chi connectivity index (χ3v) is 3.40. The lowest BCUT2D eigenvalue weighted by Gasteiger charge is -2.29. The number of pyridine rings is 1. The van der Waals surface area contributed by atoms with Gasteiger partial charge >= 0.3 is 5.97 Å². The van der Waals surface area contributed by atoms with Crippen LogP contribution in [0.2, 0.25) is 0 Å². The van der Waals surface area contributed by atoms with Crippen molar-refractivity contribution < 1.29 is 15.0 Å². The van der Waals surface area contributed by atoms with E-state index in [1.807, 2.05) is 34.6 Å². The molecule has 0 radical (unpaired) electrons. The van der Waals surface area contributed by atoms with Crippen LogP contribution in [0.4, 0.5) is 5.82 Å². The predicted octanol–water partition coefficient (Wildman–Crippen LogP) is 2.65. The second-order valence-corrected chi connectivity index (χ2v) is 6.38. The molecule has 0 fully saturated rings. The predicted molar refractivity (Wildman–Crippen MR) is 79.3 cm³/mol. The monoisotopic (exact) mass is 280 g/mol. The van der Waals surface area contributed by atoms with Crippen molar-refractivity contribution in [3.63, 3.8) is 0 Å². The highest BCUT2D eigenvalue weighted by molar-refractivity contribution is 5.88. The van der Waals surface area contributed by atoms with Crippen LogP contribution in [0.5, 0.6) is 0 Å². The summed E-state index contributed by atoms with van der Waals surface area (Å²) in [4.78, 5) is 15.7. The molecule has 0 spiro atoms. The highest BCUT2D eigenvalue weighted by Crippen LogP contribution is 2.25. The number of aromatic carboxylic acids is 1. The van der Waals surface area contributed by atoms with E-state index in [1.165, 1.54) is 6.07 Å². The van der Waals surface area contributed by atoms with Crippen LogP contribution in [0.25, 0.3) is 0 Å². The maximum absolute atomic E-state index is 11.2.